The molecule has 4 heterocycles. The Balaban J connectivity index is 1.54. The number of anilines is 1. The summed E-state index contributed by atoms with van der Waals surface area (Å²) >= 11 is 6.53. The Morgan fingerprint density at radius 1 is 1.12 bits per heavy atom. The number of ether oxygens (including phenoxy) is 1. The molecule has 0 spiro atoms. The number of hydrogen-bond donors (Lipinski definition) is 2. The third kappa shape index (κ3) is 5.74. The minimum atomic E-state index is -4.77. The highest BCUT2D eigenvalue weighted by Crippen LogP contribution is 2.44. The molecule has 0 saturated heterocycles. The van der Waals surface area contributed by atoms with Crippen LogP contribution in [0.1, 0.15) is 38.5 Å². The lowest BCUT2D eigenvalue weighted by molar-refractivity contribution is -0.140. The van der Waals surface area contributed by atoms with Gasteiger partial charge in [-0.3, -0.25) is 14.3 Å². The third-order valence-corrected chi connectivity index (χ3v) is 7.38. The summed E-state index contributed by atoms with van der Waals surface area (Å²) in [5.41, 5.74) is 5.27. The molecule has 41 heavy (non-hydrogen) atoms. The number of nitrogens with one attached hydrogen (secondary N) is 1. The maximum Gasteiger partial charge on any atom is 0.433 e. The highest BCUT2D eigenvalue weighted by atomic mass is 35.5. The van der Waals surface area contributed by atoms with E-state index in [1.54, 1.807) is 42.1 Å². The van der Waals surface area contributed by atoms with E-state index < -0.39 is 23.7 Å². The topological polar surface area (TPSA) is 130 Å². The van der Waals surface area contributed by atoms with E-state index in [2.05, 4.69) is 20.5 Å². The van der Waals surface area contributed by atoms with Crippen molar-refractivity contribution in [2.24, 2.45) is 5.73 Å². The van der Waals surface area contributed by atoms with E-state index in [9.17, 15) is 22.8 Å². The van der Waals surface area contributed by atoms with Gasteiger partial charge in [0.2, 0.25) is 0 Å². The van der Waals surface area contributed by atoms with E-state index in [-0.39, 0.29) is 38.8 Å². The molecule has 10 nitrogen and oxygen atoms in total. The molecular weight excluding hydrogens is 583 g/mol. The van der Waals surface area contributed by atoms with Crippen molar-refractivity contribution in [1.29, 1.82) is 0 Å². The molecule has 4 aromatic heterocycles. The molecule has 1 aromatic carbocycles. The first-order valence-corrected chi connectivity index (χ1v) is 13.3. The van der Waals surface area contributed by atoms with Crippen LogP contribution in [-0.4, -0.2) is 36.4 Å². The minimum absolute atomic E-state index is 0.0161. The predicted molar refractivity (Wildman–Crippen MR) is 147 cm³/mol. The second-order valence-corrected chi connectivity index (χ2v) is 10.2. The third-order valence-electron chi connectivity index (χ3n) is 6.03. The number of aryl methyl sites for hydroxylation is 2. The van der Waals surface area contributed by atoms with Crippen LogP contribution in [0.2, 0.25) is 5.02 Å². The van der Waals surface area contributed by atoms with Crippen LogP contribution < -0.4 is 15.8 Å². The molecule has 0 aliphatic heterocycles. The Hall–Kier alpha value is -4.43. The quantitative estimate of drug-likeness (QED) is 0.232. The Morgan fingerprint density at radius 3 is 2.49 bits per heavy atom. The van der Waals surface area contributed by atoms with Crippen LogP contribution in [-0.2, 0) is 19.5 Å². The number of thiophene rings is 1. The van der Waals surface area contributed by atoms with Crippen LogP contribution in [0.4, 0.5) is 18.9 Å². The maximum absolute atomic E-state index is 13.8. The van der Waals surface area contributed by atoms with Crippen molar-refractivity contribution in [2.75, 3.05) is 5.32 Å². The molecule has 212 valence electrons. The summed E-state index contributed by atoms with van der Waals surface area (Å²) in [4.78, 5) is 29.1. The molecule has 15 heteroatoms. The van der Waals surface area contributed by atoms with Crippen molar-refractivity contribution in [2.45, 2.75) is 33.3 Å². The van der Waals surface area contributed by atoms with Crippen molar-refractivity contribution >= 4 is 50.7 Å². The normalized spacial score (nSPS) is 11.7. The summed E-state index contributed by atoms with van der Waals surface area (Å²) < 4.78 is 50.0. The molecule has 2 amide bonds. The summed E-state index contributed by atoms with van der Waals surface area (Å²) in [6, 6.07) is 8.98. The van der Waals surface area contributed by atoms with E-state index >= 15 is 0 Å². The number of nitrogens with two attached hydrogens (primary N) is 1. The van der Waals surface area contributed by atoms with E-state index in [1.807, 2.05) is 6.92 Å². The second kappa shape index (κ2) is 10.9. The van der Waals surface area contributed by atoms with Gasteiger partial charge < -0.3 is 15.8 Å². The van der Waals surface area contributed by atoms with Gasteiger partial charge in [0.15, 0.2) is 12.4 Å². The fourth-order valence-electron chi connectivity index (χ4n) is 4.10. The van der Waals surface area contributed by atoms with Crippen molar-refractivity contribution in [3.05, 3.63) is 75.8 Å². The molecule has 0 bridgehead atoms. The number of carbonyl (C=O) groups is 2. The molecule has 0 radical (unpaired) electrons. The lowest BCUT2D eigenvalue weighted by Gasteiger charge is -2.11. The number of fused-ring (bicyclic) bond motifs is 1. The van der Waals surface area contributed by atoms with E-state index in [1.165, 1.54) is 16.9 Å². The van der Waals surface area contributed by atoms with Gasteiger partial charge in [-0.05, 0) is 55.8 Å². The molecule has 5 aromatic rings. The first-order chi connectivity index (χ1) is 19.4. The number of halogens is 4. The monoisotopic (exact) mass is 603 g/mol. The number of hydrogen-bond acceptors (Lipinski definition) is 7. The average molecular weight is 604 g/mol. The van der Waals surface area contributed by atoms with Gasteiger partial charge in [-0.1, -0.05) is 11.6 Å². The smallest absolute Gasteiger partial charge is 0.433 e. The SMILES string of the molecule is CCn1cc(-c2cc(C(F)(F)F)nc3sc(C(N)=O)c(NC(=O)c4ccn(COc5ccc(Cl)cc5)n4)c23)c(C)n1. The molecular formula is C26H21ClF3N7O3S. The number of rotatable bonds is 8. The Kier molecular flexibility index (Phi) is 7.44. The first-order valence-electron chi connectivity index (χ1n) is 12.1. The van der Waals surface area contributed by atoms with Crippen molar-refractivity contribution in [1.82, 2.24) is 24.5 Å². The zero-order valence-electron chi connectivity index (χ0n) is 21.5. The maximum atomic E-state index is 13.8. The van der Waals surface area contributed by atoms with Gasteiger partial charge >= 0.3 is 6.18 Å². The van der Waals surface area contributed by atoms with E-state index in [0.29, 0.717) is 39.9 Å². The number of nitrogens with zero attached hydrogens (tertiary/aromatic N) is 5. The molecule has 0 atom stereocenters. The average Bonchev–Trinajstić information content (AvgIpc) is 3.64. The van der Waals surface area contributed by atoms with Crippen molar-refractivity contribution in [3.8, 4) is 16.9 Å². The first kappa shape index (κ1) is 28.1. The van der Waals surface area contributed by atoms with Crippen LogP contribution in [0, 0.1) is 6.92 Å². The van der Waals surface area contributed by atoms with Gasteiger partial charge in [-0.25, -0.2) is 9.67 Å². The summed E-state index contributed by atoms with van der Waals surface area (Å²) in [6.45, 7) is 3.95. The van der Waals surface area contributed by atoms with Crippen LogP contribution in [0.3, 0.4) is 0 Å². The summed E-state index contributed by atoms with van der Waals surface area (Å²) in [5.74, 6) is -1.12. The lowest BCUT2D eigenvalue weighted by atomic mass is 10.0. The van der Waals surface area contributed by atoms with Gasteiger partial charge in [-0.15, -0.1) is 11.3 Å². The zero-order chi connectivity index (χ0) is 29.5. The molecule has 0 unspecified atom stereocenters. The minimum Gasteiger partial charge on any atom is -0.471 e. The molecule has 5 rings (SSSR count). The Labute approximate surface area is 239 Å². The van der Waals surface area contributed by atoms with Crippen molar-refractivity contribution in [3.63, 3.8) is 0 Å². The summed E-state index contributed by atoms with van der Waals surface area (Å²) in [6.07, 6.45) is -1.66. The van der Waals surface area contributed by atoms with Gasteiger partial charge in [-0.2, -0.15) is 23.4 Å². The summed E-state index contributed by atoms with van der Waals surface area (Å²) in [7, 11) is 0. The molecule has 0 aliphatic rings. The number of primary amides is 1. The number of carbonyl (C=O) groups excluding carboxylic acids is 2. The highest BCUT2D eigenvalue weighted by molar-refractivity contribution is 7.21. The molecule has 0 saturated carbocycles. The van der Waals surface area contributed by atoms with Crippen LogP contribution >= 0.6 is 22.9 Å². The van der Waals surface area contributed by atoms with Crippen molar-refractivity contribution < 1.29 is 27.5 Å². The Bertz CT molecular complexity index is 1780. The largest absolute Gasteiger partial charge is 0.471 e. The Morgan fingerprint density at radius 2 is 1.85 bits per heavy atom. The number of amides is 2. The van der Waals surface area contributed by atoms with E-state index in [4.69, 9.17) is 22.1 Å². The fourth-order valence-corrected chi connectivity index (χ4v) is 5.23. The fraction of sp³-hybridized carbons (Fsp3) is 0.192. The van der Waals surface area contributed by atoms with Crippen LogP contribution in [0.5, 0.6) is 5.75 Å². The van der Waals surface area contributed by atoms with Gasteiger partial charge in [0.25, 0.3) is 11.8 Å². The number of alkyl halides is 3. The van der Waals surface area contributed by atoms with Gasteiger partial charge in [0.05, 0.1) is 11.4 Å². The molecule has 0 aliphatic carbocycles. The number of aromatic nitrogens is 5. The highest BCUT2D eigenvalue weighted by Gasteiger charge is 2.35. The zero-order valence-corrected chi connectivity index (χ0v) is 23.1. The standard InChI is InChI=1S/C26H21ClF3N7O3S/c1-3-36-11-17(13(2)34-36)16-10-19(26(28,29)30)32-25-20(16)21(22(41-25)23(31)38)33-24(39)18-8-9-37(35-18)12-40-15-6-4-14(27)5-7-15/h4-11H,3,12H2,1-2H3,(H2,31,38)(H,33,39). The second-order valence-electron chi connectivity index (χ2n) is 8.81. The predicted octanol–water partition coefficient (Wildman–Crippen LogP) is 5.74. The molecule has 3 N–H and O–H groups in total. The van der Waals surface area contributed by atoms with E-state index in [0.717, 1.165) is 6.07 Å². The van der Waals surface area contributed by atoms with Gasteiger partial charge in [0, 0.05) is 34.9 Å². The number of pyridine rings is 1. The van der Waals surface area contributed by atoms with Gasteiger partial charge in [0.1, 0.15) is 21.2 Å². The van der Waals surface area contributed by atoms with Crippen LogP contribution in [0.25, 0.3) is 21.3 Å². The number of benzene rings is 1. The molecule has 0 fully saturated rings. The lowest BCUT2D eigenvalue weighted by Crippen LogP contribution is -2.18. The summed E-state index contributed by atoms with van der Waals surface area (Å²) in [5, 5.41) is 11.8. The van der Waals surface area contributed by atoms with Crippen LogP contribution in [0.15, 0.2) is 48.8 Å².